The molecule has 0 radical (unpaired) electrons. The predicted molar refractivity (Wildman–Crippen MR) is 111 cm³/mol. The van der Waals surface area contributed by atoms with Gasteiger partial charge in [0.1, 0.15) is 11.9 Å². The summed E-state index contributed by atoms with van der Waals surface area (Å²) in [6, 6.07) is 15.2. The Labute approximate surface area is 169 Å². The highest BCUT2D eigenvalue weighted by Crippen LogP contribution is 2.32. The van der Waals surface area contributed by atoms with Crippen LogP contribution in [0.4, 0.5) is 5.69 Å². The van der Waals surface area contributed by atoms with Crippen molar-refractivity contribution in [3.63, 3.8) is 0 Å². The largest absolute Gasteiger partial charge is 0.485 e. The summed E-state index contributed by atoms with van der Waals surface area (Å²) in [5.41, 5.74) is 2.33. The Hall–Kier alpha value is -3.22. The Morgan fingerprint density at radius 3 is 2.76 bits per heavy atom. The number of carbonyl (C=O) groups excluding carboxylic acids is 1. The van der Waals surface area contributed by atoms with Crippen molar-refractivity contribution in [3.05, 3.63) is 59.1 Å². The van der Waals surface area contributed by atoms with Gasteiger partial charge in [0.05, 0.1) is 24.3 Å². The summed E-state index contributed by atoms with van der Waals surface area (Å²) >= 11 is 0. The fourth-order valence-electron chi connectivity index (χ4n) is 3.80. The van der Waals surface area contributed by atoms with Gasteiger partial charge >= 0.3 is 5.76 Å². The molecule has 2 heterocycles. The monoisotopic (exact) mass is 395 g/mol. The lowest BCUT2D eigenvalue weighted by Crippen LogP contribution is -2.47. The number of likely N-dealkylation sites (N-methyl/N-ethyl adjacent to an activating group) is 2. The molecule has 2 aromatic carbocycles. The molecule has 0 unspecified atom stereocenters. The molecule has 152 valence electrons. The normalized spacial score (nSPS) is 15.8. The van der Waals surface area contributed by atoms with E-state index in [0.29, 0.717) is 17.6 Å². The second kappa shape index (κ2) is 8.03. The summed E-state index contributed by atoms with van der Waals surface area (Å²) in [5.74, 6) is 0.378. The first-order valence-corrected chi connectivity index (χ1v) is 9.89. The van der Waals surface area contributed by atoms with Crippen LogP contribution in [0.25, 0.3) is 11.1 Å². The van der Waals surface area contributed by atoms with E-state index in [-0.39, 0.29) is 25.0 Å². The van der Waals surface area contributed by atoms with Crippen LogP contribution >= 0.6 is 0 Å². The van der Waals surface area contributed by atoms with E-state index < -0.39 is 5.76 Å². The average molecular weight is 395 g/mol. The third-order valence-electron chi connectivity index (χ3n) is 5.33. The summed E-state index contributed by atoms with van der Waals surface area (Å²) < 4.78 is 12.8. The molecule has 0 fully saturated rings. The molecule has 0 bridgehead atoms. The molecule has 1 aliphatic heterocycles. The zero-order valence-electron chi connectivity index (χ0n) is 16.7. The molecule has 7 nitrogen and oxygen atoms in total. The van der Waals surface area contributed by atoms with Gasteiger partial charge in [0, 0.05) is 26.6 Å². The summed E-state index contributed by atoms with van der Waals surface area (Å²) in [6.07, 6.45) is 0.122. The fourth-order valence-corrected chi connectivity index (χ4v) is 3.80. The number of rotatable bonds is 6. The Balaban J connectivity index is 1.39. The number of fused-ring (bicyclic) bond motifs is 2. The van der Waals surface area contributed by atoms with Crippen molar-refractivity contribution in [2.75, 3.05) is 31.6 Å². The first-order valence-electron chi connectivity index (χ1n) is 9.89. The van der Waals surface area contributed by atoms with E-state index in [1.807, 2.05) is 36.4 Å². The maximum atomic E-state index is 12.7. The molecule has 4 rings (SSSR count). The maximum Gasteiger partial charge on any atom is 0.419 e. The number of anilines is 1. The van der Waals surface area contributed by atoms with Crippen LogP contribution in [0, 0.1) is 0 Å². The molecule has 3 aromatic rings. The third-order valence-corrected chi connectivity index (χ3v) is 5.33. The molecule has 0 saturated heterocycles. The maximum absolute atomic E-state index is 12.7. The highest BCUT2D eigenvalue weighted by atomic mass is 16.5. The molecule has 7 heteroatoms. The van der Waals surface area contributed by atoms with Crippen LogP contribution in [-0.4, -0.2) is 48.2 Å². The minimum atomic E-state index is -0.438. The van der Waals surface area contributed by atoms with Crippen LogP contribution in [-0.2, 0) is 11.3 Å². The zero-order chi connectivity index (χ0) is 20.4. The Morgan fingerprint density at radius 1 is 1.17 bits per heavy atom. The molecule has 29 heavy (non-hydrogen) atoms. The van der Waals surface area contributed by atoms with E-state index in [9.17, 15) is 9.59 Å². The molecule has 1 amide bonds. The third kappa shape index (κ3) is 3.85. The smallest absolute Gasteiger partial charge is 0.419 e. The van der Waals surface area contributed by atoms with Crippen molar-refractivity contribution >= 4 is 22.7 Å². The lowest BCUT2D eigenvalue weighted by atomic mass is 10.1. The number of oxazole rings is 1. The van der Waals surface area contributed by atoms with Crippen molar-refractivity contribution in [1.29, 1.82) is 0 Å². The van der Waals surface area contributed by atoms with Gasteiger partial charge in [-0.3, -0.25) is 9.36 Å². The first-order chi connectivity index (χ1) is 14.1. The van der Waals surface area contributed by atoms with Gasteiger partial charge in [0.25, 0.3) is 0 Å². The topological polar surface area (TPSA) is 67.9 Å². The Morgan fingerprint density at radius 2 is 1.93 bits per heavy atom. The van der Waals surface area contributed by atoms with Gasteiger partial charge in [-0.1, -0.05) is 24.3 Å². The molecule has 0 aliphatic carbocycles. The summed E-state index contributed by atoms with van der Waals surface area (Å²) in [5, 5.41) is 0. The van der Waals surface area contributed by atoms with Crippen LogP contribution in [0.5, 0.6) is 5.75 Å². The predicted octanol–water partition coefficient (Wildman–Crippen LogP) is 2.73. The van der Waals surface area contributed by atoms with Crippen molar-refractivity contribution < 1.29 is 13.9 Å². The highest BCUT2D eigenvalue weighted by Gasteiger charge is 2.26. The van der Waals surface area contributed by atoms with Gasteiger partial charge in [-0.25, -0.2) is 4.79 Å². The number of amides is 1. The number of hydrogen-bond donors (Lipinski definition) is 0. The molecule has 0 spiro atoms. The van der Waals surface area contributed by atoms with Gasteiger partial charge in [0.15, 0.2) is 5.58 Å². The number of aryl methyl sites for hydroxylation is 1. The molecule has 1 aliphatic rings. The molecule has 0 saturated carbocycles. The van der Waals surface area contributed by atoms with E-state index in [1.54, 1.807) is 18.0 Å². The minimum absolute atomic E-state index is 0.0345. The minimum Gasteiger partial charge on any atom is -0.485 e. The van der Waals surface area contributed by atoms with E-state index in [1.165, 1.54) is 4.57 Å². The standard InChI is InChI=1S/C22H25N3O4/c1-3-24-15-16(28-19-10-6-4-8-17(19)24)14-23(2)21(26)12-13-25-18-9-5-7-11-20(18)29-22(25)27/h4-11,16H,3,12-15H2,1-2H3/t16-/m1/s1. The lowest BCUT2D eigenvalue weighted by molar-refractivity contribution is -0.131. The quantitative estimate of drug-likeness (QED) is 0.642. The van der Waals surface area contributed by atoms with Crippen LogP contribution in [0.15, 0.2) is 57.7 Å². The van der Waals surface area contributed by atoms with Crippen molar-refractivity contribution in [1.82, 2.24) is 9.47 Å². The number of benzene rings is 2. The summed E-state index contributed by atoms with van der Waals surface area (Å²) in [4.78, 5) is 28.7. The zero-order valence-corrected chi connectivity index (χ0v) is 16.7. The van der Waals surface area contributed by atoms with Gasteiger partial charge in [-0.05, 0) is 31.2 Å². The molecular weight excluding hydrogens is 370 g/mol. The van der Waals surface area contributed by atoms with Crippen LogP contribution < -0.4 is 15.4 Å². The highest BCUT2D eigenvalue weighted by molar-refractivity contribution is 5.77. The summed E-state index contributed by atoms with van der Waals surface area (Å²) in [7, 11) is 1.78. The number of hydrogen-bond acceptors (Lipinski definition) is 5. The van der Waals surface area contributed by atoms with E-state index >= 15 is 0 Å². The van der Waals surface area contributed by atoms with Gasteiger partial charge < -0.3 is 19.0 Å². The SMILES string of the molecule is CCN1C[C@@H](CN(C)C(=O)CCn2c(=O)oc3ccccc32)Oc2ccccc21. The van der Waals surface area contributed by atoms with Crippen LogP contribution in [0.3, 0.4) is 0 Å². The number of aromatic nitrogens is 1. The Bertz CT molecular complexity index is 1070. The molecule has 1 atom stereocenters. The van der Waals surface area contributed by atoms with Crippen LogP contribution in [0.1, 0.15) is 13.3 Å². The average Bonchev–Trinajstić information content (AvgIpc) is 3.06. The molecular formula is C22H25N3O4. The van der Waals surface area contributed by atoms with Gasteiger partial charge in [0.2, 0.25) is 5.91 Å². The second-order valence-corrected chi connectivity index (χ2v) is 7.26. The Kier molecular flexibility index (Phi) is 5.29. The number of para-hydroxylation sites is 4. The van der Waals surface area contributed by atoms with Crippen LogP contribution in [0.2, 0.25) is 0 Å². The van der Waals surface area contributed by atoms with E-state index in [0.717, 1.165) is 24.5 Å². The number of ether oxygens (including phenoxy) is 1. The van der Waals surface area contributed by atoms with Crippen molar-refractivity contribution in [2.24, 2.45) is 0 Å². The lowest BCUT2D eigenvalue weighted by Gasteiger charge is -2.37. The number of nitrogens with zero attached hydrogens (tertiary/aromatic N) is 3. The second-order valence-electron chi connectivity index (χ2n) is 7.26. The van der Waals surface area contributed by atoms with Gasteiger partial charge in [-0.15, -0.1) is 0 Å². The van der Waals surface area contributed by atoms with Crippen molar-refractivity contribution in [2.45, 2.75) is 26.0 Å². The summed E-state index contributed by atoms with van der Waals surface area (Å²) in [6.45, 7) is 4.50. The van der Waals surface area contributed by atoms with E-state index in [2.05, 4.69) is 17.9 Å². The van der Waals surface area contributed by atoms with Crippen molar-refractivity contribution in [3.8, 4) is 5.75 Å². The fraction of sp³-hybridized carbons (Fsp3) is 0.364. The van der Waals surface area contributed by atoms with E-state index in [4.69, 9.17) is 9.15 Å². The number of carbonyl (C=O) groups is 1. The van der Waals surface area contributed by atoms with Gasteiger partial charge in [-0.2, -0.15) is 0 Å². The molecule has 1 aromatic heterocycles. The first kappa shape index (κ1) is 19.1. The molecule has 0 N–H and O–H groups in total.